The zero-order valence-electron chi connectivity index (χ0n) is 44.3. The molecule has 2 bridgehead atoms. The van der Waals surface area contributed by atoms with Crippen molar-refractivity contribution in [3.63, 3.8) is 0 Å². The number of ketones is 3. The number of nitrogens with zero attached hydrogens (tertiary/aromatic N) is 1. The number of rotatable bonds is 12. The van der Waals surface area contributed by atoms with Crippen LogP contribution >= 0.6 is 0 Å². The lowest BCUT2D eigenvalue weighted by molar-refractivity contribution is -0.265. The van der Waals surface area contributed by atoms with Gasteiger partial charge in [0.1, 0.15) is 30.1 Å². The smallest absolute Gasteiger partial charge is 0.329 e. The van der Waals surface area contributed by atoms with E-state index < -0.39 is 77.8 Å². The van der Waals surface area contributed by atoms with Gasteiger partial charge in [-0.25, -0.2) is 4.79 Å². The van der Waals surface area contributed by atoms with Crippen LogP contribution < -0.4 is 0 Å². The number of allylic oxidation sites excluding steroid dienone is 6. The number of carbonyl (C=O) groups excluding carboxylic acids is 5. The van der Waals surface area contributed by atoms with Gasteiger partial charge in [-0.15, -0.1) is 0 Å². The highest BCUT2D eigenvalue weighted by Crippen LogP contribution is 2.38. The summed E-state index contributed by atoms with van der Waals surface area (Å²) in [6, 6.07) is -1.15. The molecule has 15 atom stereocenters. The fraction of sp³-hybridized carbons (Fsp3) is 0.764. The second-order valence-corrected chi connectivity index (χ2v) is 20.8. The fourth-order valence-corrected chi connectivity index (χ4v) is 10.7. The predicted octanol–water partition coefficient (Wildman–Crippen LogP) is 6.21. The van der Waals surface area contributed by atoms with Crippen molar-refractivity contribution in [3.05, 3.63) is 47.6 Å². The van der Waals surface area contributed by atoms with Crippen LogP contribution in [0.25, 0.3) is 0 Å². The molecule has 2 saturated heterocycles. The molecule has 0 unspecified atom stereocenters. The van der Waals surface area contributed by atoms with Gasteiger partial charge >= 0.3 is 5.97 Å². The molecule has 1 saturated carbocycles. The van der Waals surface area contributed by atoms with Gasteiger partial charge in [0.15, 0.2) is 5.78 Å². The Kier molecular flexibility index (Phi) is 24.9. The number of amides is 1. The molecule has 0 aromatic heterocycles. The average Bonchev–Trinajstić information content (AvgIpc) is 3.35. The summed E-state index contributed by atoms with van der Waals surface area (Å²) in [4.78, 5) is 72.4. The lowest BCUT2D eigenvalue weighted by Crippen LogP contribution is -2.61. The van der Waals surface area contributed by atoms with Crippen LogP contribution in [0.3, 0.4) is 0 Å². The summed E-state index contributed by atoms with van der Waals surface area (Å²) in [5.41, 5.74) is 1.26. The number of carbonyl (C=O) groups is 5. The third kappa shape index (κ3) is 17.0. The molecule has 0 aromatic carbocycles. The van der Waals surface area contributed by atoms with Crippen LogP contribution in [0.15, 0.2) is 47.6 Å². The maximum Gasteiger partial charge on any atom is 0.329 e. The number of aliphatic hydroxyl groups excluding tert-OH is 2. The summed E-state index contributed by atoms with van der Waals surface area (Å²) in [5, 5.41) is 32.5. The molecular formula is C55H87NO15. The third-order valence-electron chi connectivity index (χ3n) is 15.2. The summed E-state index contributed by atoms with van der Waals surface area (Å²) in [5.74, 6) is -7.99. The largest absolute Gasteiger partial charge is 0.460 e. The standard InChI is InChI=1S/C55H87NO15/c1-34-16-12-11-13-17-35(2)46(65-8)32-42-21-19-40(7)55(64,71-42)52(61)53(62)56-23-15-14-18-43(56)54(63)70-47(33-44(58)36(3)29-39(6)50(60)51(67-10)49(59)38(5)28-34)37(4)30-41-20-22-45(48(31-41)66-9)69-27-26-68-25-24-57/h11-13,16-17,29,34,36-38,40-43,45-48,50-51,57,60,64H,14-15,18-28,30-33H2,1-10H3/b13-11+,16-12+,35-17+,39-29+/t34-,36-,37-,38-,40-,41+,42+,43+,45-,46+,47+,48-,50-,51+,55-/m1/s1. The Morgan fingerprint density at radius 1 is 0.831 bits per heavy atom. The van der Waals surface area contributed by atoms with Crippen LogP contribution in [0.1, 0.15) is 126 Å². The summed E-state index contributed by atoms with van der Waals surface area (Å²) < 4.78 is 41.3. The van der Waals surface area contributed by atoms with E-state index in [1.165, 1.54) is 12.0 Å². The van der Waals surface area contributed by atoms with Gasteiger partial charge in [-0.2, -0.15) is 0 Å². The highest BCUT2D eigenvalue weighted by Gasteiger charge is 2.53. The minimum atomic E-state index is -2.44. The van der Waals surface area contributed by atoms with Crippen LogP contribution in [-0.4, -0.2) is 158 Å². The monoisotopic (exact) mass is 1000 g/mol. The van der Waals surface area contributed by atoms with E-state index in [1.807, 2.05) is 58.1 Å². The zero-order chi connectivity index (χ0) is 52.4. The van der Waals surface area contributed by atoms with Crippen LogP contribution in [0.2, 0.25) is 0 Å². The first kappa shape index (κ1) is 60.1. The van der Waals surface area contributed by atoms with Crippen molar-refractivity contribution in [2.24, 2.45) is 35.5 Å². The van der Waals surface area contributed by atoms with Crippen molar-refractivity contribution in [2.75, 3.05) is 54.3 Å². The van der Waals surface area contributed by atoms with E-state index in [0.717, 1.165) is 12.0 Å². The van der Waals surface area contributed by atoms with Gasteiger partial charge < -0.3 is 53.4 Å². The number of aliphatic hydroxyl groups is 3. The predicted molar refractivity (Wildman–Crippen MR) is 267 cm³/mol. The maximum absolute atomic E-state index is 14.5. The Balaban J connectivity index is 1.67. The highest BCUT2D eigenvalue weighted by atomic mass is 16.6. The Labute approximate surface area is 422 Å². The van der Waals surface area contributed by atoms with Crippen LogP contribution in [-0.2, 0) is 57.1 Å². The normalized spacial score (nSPS) is 38.0. The topological polar surface area (TPSA) is 214 Å². The first-order valence-corrected chi connectivity index (χ1v) is 26.1. The summed E-state index contributed by atoms with van der Waals surface area (Å²) in [6.07, 6.45) is 12.0. The molecule has 16 nitrogen and oxygen atoms in total. The molecule has 0 aromatic rings. The zero-order valence-corrected chi connectivity index (χ0v) is 44.3. The lowest BCUT2D eigenvalue weighted by atomic mass is 9.78. The lowest BCUT2D eigenvalue weighted by Gasteiger charge is -2.42. The first-order chi connectivity index (χ1) is 33.8. The van der Waals surface area contributed by atoms with E-state index in [9.17, 15) is 34.2 Å². The Hall–Kier alpha value is -3.45. The molecule has 3 aliphatic heterocycles. The molecule has 0 spiro atoms. The van der Waals surface area contributed by atoms with Gasteiger partial charge in [-0.1, -0.05) is 71.1 Å². The number of hydrogen-bond acceptors (Lipinski definition) is 15. The van der Waals surface area contributed by atoms with E-state index in [4.69, 9.17) is 38.3 Å². The number of cyclic esters (lactones) is 1. The maximum atomic E-state index is 14.5. The average molecular weight is 1000 g/mol. The van der Waals surface area contributed by atoms with E-state index in [2.05, 4.69) is 0 Å². The van der Waals surface area contributed by atoms with Gasteiger partial charge in [0.05, 0.1) is 50.8 Å². The minimum absolute atomic E-state index is 0.0129. The Bertz CT molecular complexity index is 1860. The van der Waals surface area contributed by atoms with Gasteiger partial charge in [-0.05, 0) is 107 Å². The molecule has 3 N–H and O–H groups in total. The van der Waals surface area contributed by atoms with E-state index in [1.54, 1.807) is 41.1 Å². The summed E-state index contributed by atoms with van der Waals surface area (Å²) >= 11 is 0. The Morgan fingerprint density at radius 3 is 2.27 bits per heavy atom. The molecule has 16 heteroatoms. The van der Waals surface area contributed by atoms with Crippen molar-refractivity contribution in [2.45, 2.75) is 180 Å². The number of methoxy groups -OCH3 is 3. The molecule has 71 heavy (non-hydrogen) atoms. The summed E-state index contributed by atoms with van der Waals surface area (Å²) in [7, 11) is 4.60. The van der Waals surface area contributed by atoms with E-state index in [0.29, 0.717) is 76.6 Å². The fourth-order valence-electron chi connectivity index (χ4n) is 10.7. The van der Waals surface area contributed by atoms with Gasteiger partial charge in [-0.3, -0.25) is 19.2 Å². The van der Waals surface area contributed by atoms with Crippen LogP contribution in [0.5, 0.6) is 0 Å². The van der Waals surface area contributed by atoms with Crippen LogP contribution in [0, 0.1) is 35.5 Å². The van der Waals surface area contributed by atoms with E-state index in [-0.39, 0.29) is 74.1 Å². The van der Waals surface area contributed by atoms with E-state index >= 15 is 0 Å². The second kappa shape index (κ2) is 29.4. The molecule has 3 fully saturated rings. The Morgan fingerprint density at radius 2 is 1.58 bits per heavy atom. The van der Waals surface area contributed by atoms with Crippen molar-refractivity contribution in [1.82, 2.24) is 4.90 Å². The van der Waals surface area contributed by atoms with Crippen molar-refractivity contribution < 1.29 is 72.5 Å². The number of ether oxygens (including phenoxy) is 7. The minimum Gasteiger partial charge on any atom is -0.460 e. The molecule has 1 amide bonds. The molecule has 3 heterocycles. The SMILES string of the molecule is CO[C@H]1C[C@@H]2CC[C@@H](C)[C@@](O)(O2)C(=O)C(=O)N2CCCC[C@H]2C(=O)O[C@H]([C@H](C)C[C@@H]2CC[C@@H](OCCOCCO)[C@H](OC)C2)CC(=O)[C@H](C)/C=C(\C)[C@@H](O)[C@@H](OC)C(=O)[C@H](C)C[C@H](C)/C=C/C=C/C=C/1C. The van der Waals surface area contributed by atoms with Gasteiger partial charge in [0.2, 0.25) is 5.79 Å². The molecule has 4 rings (SSSR count). The molecule has 1 aliphatic carbocycles. The molecular weight excluding hydrogens is 915 g/mol. The quantitative estimate of drug-likeness (QED) is 0.0858. The second-order valence-electron chi connectivity index (χ2n) is 20.8. The summed E-state index contributed by atoms with van der Waals surface area (Å²) in [6.45, 7) is 13.6. The van der Waals surface area contributed by atoms with Gasteiger partial charge in [0.25, 0.3) is 11.7 Å². The first-order valence-electron chi connectivity index (χ1n) is 26.1. The molecule has 0 radical (unpaired) electrons. The number of Topliss-reactive ketones (excluding diaryl/α,β-unsaturated/α-hetero) is 3. The van der Waals surface area contributed by atoms with Crippen molar-refractivity contribution in [3.8, 4) is 0 Å². The highest BCUT2D eigenvalue weighted by molar-refractivity contribution is 6.39. The number of piperidine rings is 1. The van der Waals surface area contributed by atoms with Crippen LogP contribution in [0.4, 0.5) is 0 Å². The van der Waals surface area contributed by atoms with Crippen molar-refractivity contribution in [1.29, 1.82) is 0 Å². The van der Waals surface area contributed by atoms with Gasteiger partial charge in [0, 0.05) is 58.5 Å². The number of esters is 1. The third-order valence-corrected chi connectivity index (χ3v) is 15.2. The molecule has 402 valence electrons. The van der Waals surface area contributed by atoms with Crippen molar-refractivity contribution >= 4 is 29.2 Å². The number of hydrogen-bond donors (Lipinski definition) is 3. The molecule has 4 aliphatic rings. The number of fused-ring (bicyclic) bond motifs is 3.